The first-order valence-electron chi connectivity index (χ1n) is 6.21. The Kier molecular flexibility index (Phi) is 3.37. The highest BCUT2D eigenvalue weighted by atomic mass is 16.3. The van der Waals surface area contributed by atoms with Crippen LogP contribution in [-0.2, 0) is 0 Å². The summed E-state index contributed by atoms with van der Waals surface area (Å²) in [5, 5.41) is 10.00. The monoisotopic (exact) mass is 228 g/mol. The molecule has 1 heteroatoms. The molecule has 2 rings (SSSR count). The largest absolute Gasteiger partial charge is 0.508 e. The minimum absolute atomic E-state index is 0.259. The fraction of sp³-hybridized carbons (Fsp3) is 0.375. The predicted octanol–water partition coefficient (Wildman–Crippen LogP) is 4.55. The van der Waals surface area contributed by atoms with E-state index in [0.717, 1.165) is 18.4 Å². The fourth-order valence-electron chi connectivity index (χ4n) is 2.54. The highest BCUT2D eigenvalue weighted by Crippen LogP contribution is 2.40. The van der Waals surface area contributed by atoms with Crippen molar-refractivity contribution in [1.29, 1.82) is 0 Å². The van der Waals surface area contributed by atoms with Crippen LogP contribution < -0.4 is 0 Å². The zero-order valence-electron chi connectivity index (χ0n) is 10.8. The molecule has 1 atom stereocenters. The maximum atomic E-state index is 10.00. The van der Waals surface area contributed by atoms with Crippen LogP contribution in [0.15, 0.2) is 47.1 Å². The summed E-state index contributed by atoms with van der Waals surface area (Å²) in [6, 6.07) is 7.67. The Morgan fingerprint density at radius 2 is 1.88 bits per heavy atom. The molecule has 0 fully saturated rings. The minimum atomic E-state index is 0.259. The zero-order chi connectivity index (χ0) is 12.4. The first-order valence-corrected chi connectivity index (χ1v) is 6.21. The van der Waals surface area contributed by atoms with Crippen molar-refractivity contribution in [1.82, 2.24) is 0 Å². The van der Waals surface area contributed by atoms with Gasteiger partial charge in [0.1, 0.15) is 5.75 Å². The Bertz CT molecular complexity index is 476. The van der Waals surface area contributed by atoms with E-state index < -0.39 is 0 Å². The van der Waals surface area contributed by atoms with Crippen molar-refractivity contribution in [2.45, 2.75) is 39.5 Å². The van der Waals surface area contributed by atoms with Crippen LogP contribution in [0.5, 0.6) is 5.75 Å². The number of allylic oxidation sites excluding steroid dienone is 4. The molecule has 1 nitrogen and oxygen atoms in total. The summed E-state index contributed by atoms with van der Waals surface area (Å²) >= 11 is 0. The lowest BCUT2D eigenvalue weighted by molar-refractivity contribution is 0.466. The molecule has 0 amide bonds. The van der Waals surface area contributed by atoms with Gasteiger partial charge in [-0.3, -0.25) is 0 Å². The standard InChI is InChI=1S/C16H20O/c1-11(2)13-9-8-12(3)10-15(13)14-6-4-5-7-16(14)17/h4-7,10,15,17H,8-9H2,1-3H3. The van der Waals surface area contributed by atoms with Gasteiger partial charge in [0.15, 0.2) is 0 Å². The van der Waals surface area contributed by atoms with Crippen molar-refractivity contribution >= 4 is 0 Å². The molecule has 1 aliphatic carbocycles. The van der Waals surface area contributed by atoms with Crippen molar-refractivity contribution in [3.8, 4) is 5.75 Å². The molecule has 0 aliphatic heterocycles. The van der Waals surface area contributed by atoms with E-state index in [0.29, 0.717) is 5.75 Å². The van der Waals surface area contributed by atoms with Gasteiger partial charge in [0.05, 0.1) is 0 Å². The smallest absolute Gasteiger partial charge is 0.119 e. The topological polar surface area (TPSA) is 20.2 Å². The lowest BCUT2D eigenvalue weighted by Crippen LogP contribution is -2.07. The lowest BCUT2D eigenvalue weighted by atomic mass is 9.79. The summed E-state index contributed by atoms with van der Waals surface area (Å²) in [6.07, 6.45) is 4.55. The van der Waals surface area contributed by atoms with Crippen LogP contribution in [-0.4, -0.2) is 5.11 Å². The van der Waals surface area contributed by atoms with Crippen LogP contribution in [0.4, 0.5) is 0 Å². The molecular weight excluding hydrogens is 208 g/mol. The van der Waals surface area contributed by atoms with Gasteiger partial charge in [-0.2, -0.15) is 0 Å². The van der Waals surface area contributed by atoms with Crippen LogP contribution in [0.2, 0.25) is 0 Å². The van der Waals surface area contributed by atoms with Crippen molar-refractivity contribution in [2.75, 3.05) is 0 Å². The van der Waals surface area contributed by atoms with E-state index in [1.165, 1.54) is 16.7 Å². The van der Waals surface area contributed by atoms with Gasteiger partial charge in [0.2, 0.25) is 0 Å². The SMILES string of the molecule is CC1=CC(c2ccccc2O)C(=C(C)C)CC1. The van der Waals surface area contributed by atoms with Crippen LogP contribution >= 0.6 is 0 Å². The molecule has 0 bridgehead atoms. The number of phenols is 1. The van der Waals surface area contributed by atoms with Gasteiger partial charge in [-0.15, -0.1) is 0 Å². The molecule has 0 radical (unpaired) electrons. The van der Waals surface area contributed by atoms with Gasteiger partial charge in [0.25, 0.3) is 0 Å². The first-order chi connectivity index (χ1) is 8.09. The van der Waals surface area contributed by atoms with Crippen molar-refractivity contribution in [2.24, 2.45) is 0 Å². The van der Waals surface area contributed by atoms with Crippen LogP contribution in [0, 0.1) is 0 Å². The molecule has 0 saturated carbocycles. The summed E-state index contributed by atoms with van der Waals surface area (Å²) in [5.74, 6) is 0.664. The summed E-state index contributed by atoms with van der Waals surface area (Å²) in [5.41, 5.74) is 5.28. The van der Waals surface area contributed by atoms with E-state index in [-0.39, 0.29) is 5.92 Å². The Balaban J connectivity index is 2.51. The highest BCUT2D eigenvalue weighted by Gasteiger charge is 2.21. The number of hydrogen-bond donors (Lipinski definition) is 1. The molecule has 0 saturated heterocycles. The molecular formula is C16H20O. The third-order valence-electron chi connectivity index (χ3n) is 3.53. The molecule has 17 heavy (non-hydrogen) atoms. The highest BCUT2D eigenvalue weighted by molar-refractivity contribution is 5.45. The van der Waals surface area contributed by atoms with Crippen molar-refractivity contribution in [3.05, 3.63) is 52.6 Å². The average Bonchev–Trinajstić information content (AvgIpc) is 2.29. The molecule has 1 unspecified atom stereocenters. The quantitative estimate of drug-likeness (QED) is 0.699. The Labute approximate surface area is 103 Å². The third kappa shape index (κ3) is 2.44. The third-order valence-corrected chi connectivity index (χ3v) is 3.53. The number of para-hydroxylation sites is 1. The second kappa shape index (κ2) is 4.79. The maximum absolute atomic E-state index is 10.00. The molecule has 1 aromatic rings. The van der Waals surface area contributed by atoms with Gasteiger partial charge >= 0.3 is 0 Å². The van der Waals surface area contributed by atoms with Gasteiger partial charge in [-0.1, -0.05) is 41.0 Å². The number of rotatable bonds is 1. The maximum Gasteiger partial charge on any atom is 0.119 e. The zero-order valence-corrected chi connectivity index (χ0v) is 10.8. The van der Waals surface area contributed by atoms with Crippen LogP contribution in [0.3, 0.4) is 0 Å². The molecule has 1 aliphatic rings. The molecule has 1 N–H and O–H groups in total. The van der Waals surface area contributed by atoms with E-state index in [9.17, 15) is 5.11 Å². The summed E-state index contributed by atoms with van der Waals surface area (Å²) in [6.45, 7) is 6.50. The Hall–Kier alpha value is -1.50. The lowest BCUT2D eigenvalue weighted by Gasteiger charge is -2.26. The Morgan fingerprint density at radius 1 is 1.18 bits per heavy atom. The number of aromatic hydroxyl groups is 1. The molecule has 90 valence electrons. The van der Waals surface area contributed by atoms with Gasteiger partial charge in [-0.25, -0.2) is 0 Å². The van der Waals surface area contributed by atoms with E-state index >= 15 is 0 Å². The second-order valence-corrected chi connectivity index (χ2v) is 5.07. The summed E-state index contributed by atoms with van der Waals surface area (Å²) in [7, 11) is 0. The summed E-state index contributed by atoms with van der Waals surface area (Å²) in [4.78, 5) is 0. The van der Waals surface area contributed by atoms with Gasteiger partial charge in [0, 0.05) is 11.5 Å². The van der Waals surface area contributed by atoms with Crippen molar-refractivity contribution < 1.29 is 5.11 Å². The van der Waals surface area contributed by atoms with Crippen LogP contribution in [0.1, 0.15) is 45.1 Å². The van der Waals surface area contributed by atoms with E-state index in [2.05, 4.69) is 26.8 Å². The molecule has 0 spiro atoms. The predicted molar refractivity (Wildman–Crippen MR) is 72.2 cm³/mol. The van der Waals surface area contributed by atoms with Gasteiger partial charge < -0.3 is 5.11 Å². The van der Waals surface area contributed by atoms with E-state index in [4.69, 9.17) is 0 Å². The minimum Gasteiger partial charge on any atom is -0.508 e. The average molecular weight is 228 g/mol. The molecule has 0 aromatic heterocycles. The Morgan fingerprint density at radius 3 is 2.53 bits per heavy atom. The number of hydrogen-bond acceptors (Lipinski definition) is 1. The van der Waals surface area contributed by atoms with E-state index in [1.54, 1.807) is 6.07 Å². The number of phenolic OH excluding ortho intramolecular Hbond substituents is 1. The van der Waals surface area contributed by atoms with E-state index in [1.807, 2.05) is 18.2 Å². The first kappa shape index (κ1) is 12.0. The van der Waals surface area contributed by atoms with Gasteiger partial charge in [-0.05, 0) is 39.7 Å². The summed E-state index contributed by atoms with van der Waals surface area (Å²) < 4.78 is 0. The molecule has 1 aromatic carbocycles. The van der Waals surface area contributed by atoms with Crippen LogP contribution in [0.25, 0.3) is 0 Å². The normalized spacial score (nSPS) is 20.1. The number of benzene rings is 1. The fourth-order valence-corrected chi connectivity index (χ4v) is 2.54. The second-order valence-electron chi connectivity index (χ2n) is 5.07. The van der Waals surface area contributed by atoms with Crippen molar-refractivity contribution in [3.63, 3.8) is 0 Å². The molecule has 0 heterocycles.